The Morgan fingerprint density at radius 2 is 0.757 bits per heavy atom. The van der Waals surface area contributed by atoms with Gasteiger partial charge in [0.15, 0.2) is 11.2 Å². The average Bonchev–Trinajstić information content (AvgIpc) is 0.822. The molecule has 20 fully saturated rings. The van der Waals surface area contributed by atoms with E-state index in [0.29, 0.717) is 91.6 Å². The van der Waals surface area contributed by atoms with Crippen LogP contribution in [0.4, 0.5) is 52.7 Å². The standard InChI is InChI=1S/C16H22F6O4.C15H18F6O3.C14H20O4.C14H20O3.2C14H20O2.C10H13NO2.C4H6O2/c1-8(2)12(23)26-11-6-9(13(3,24)15(17,18)19)5-10(7-11)14(4,25)16(20,21)22;1-7(2)12(22)24-11-5-8-3-9(11)4-10(8)6-13(23,14(16,17)18)15(19,20)21;1-9(2)11(15)18-14-5-10-3-12(16,7-14)6-13(17,4-10)8-14;1-9(2)12(15)17-14-6-10-3-11(7-14)5-13(16,4-10)8-14;1-9(2)13(15)16-14-6-10-3-11(7-14)5-12(4-10)8-14;1-8(2)14(15)16-13-7-9-6-12(13)11-5-3-4-10(9)11;1-6(2)9(12)11-8-5-3-4-7(8)10(11)13;1-3(2)4(5)6/h9-11,24-25H,1,5-7H2,2-4H3;8-11,23H,1,3-6H2,2H3;10,16-17H,1,3-8H2,2H3;10-11,16H,1,3-8H2,2H3;10-12H,1,3-8H2,2H3;9-13H,1,3-7H2,2H3;7-8H,1,3-5H2,2H3;1H2,2H3,(H,5,6). The number of β-lactam (4-membered cyclic amide) rings is 1. The van der Waals surface area contributed by atoms with E-state index in [2.05, 4.69) is 52.6 Å². The van der Waals surface area contributed by atoms with Crippen molar-refractivity contribution < 1.29 is 160 Å². The van der Waals surface area contributed by atoms with Crippen molar-refractivity contribution in [2.75, 3.05) is 0 Å². The summed E-state index contributed by atoms with van der Waals surface area (Å²) in [4.78, 5) is 104. The molecule has 16 bridgehead atoms. The number of esters is 6. The predicted octanol–water partition coefficient (Wildman–Crippen LogP) is 18.5. The Morgan fingerprint density at radius 1 is 0.375 bits per heavy atom. The number of fused-ring (bicyclic) bond motifs is 8. The molecular formula is C101H139F12NO22. The highest BCUT2D eigenvalue weighted by Crippen LogP contribution is 2.65. The van der Waals surface area contributed by atoms with E-state index in [0.717, 1.165) is 125 Å². The summed E-state index contributed by atoms with van der Waals surface area (Å²) in [6, 6.07) is 0.191. The highest BCUT2D eigenvalue weighted by atomic mass is 19.4. The van der Waals surface area contributed by atoms with Crippen molar-refractivity contribution in [3.05, 3.63) is 97.2 Å². The number of nitrogens with zero attached hydrogens (tertiary/aromatic N) is 1. The fourth-order valence-electron chi connectivity index (χ4n) is 27.0. The number of aliphatic carboxylic acids is 1. The van der Waals surface area contributed by atoms with Crippen molar-refractivity contribution in [3.63, 3.8) is 0 Å². The zero-order valence-corrected chi connectivity index (χ0v) is 79.8. The molecule has 20 aliphatic rings. The Hall–Kier alpha value is -7.73. The molecule has 0 spiro atoms. The second kappa shape index (κ2) is 40.7. The van der Waals surface area contributed by atoms with Crippen LogP contribution in [-0.2, 0) is 71.6 Å². The van der Waals surface area contributed by atoms with Gasteiger partial charge in [-0.2, -0.15) is 52.7 Å². The fraction of sp³-hybridized carbons (Fsp3) is 0.752. The summed E-state index contributed by atoms with van der Waals surface area (Å²) in [6.45, 7) is 41.5. The molecule has 1 heterocycles. The third kappa shape index (κ3) is 24.9. The van der Waals surface area contributed by atoms with Gasteiger partial charge < -0.3 is 64.2 Å². The van der Waals surface area contributed by atoms with E-state index < -0.39 is 155 Å². The first-order chi connectivity index (χ1) is 62.3. The van der Waals surface area contributed by atoms with Gasteiger partial charge in [-0.15, -0.1) is 0 Å². The lowest BCUT2D eigenvalue weighted by atomic mass is 9.50. The van der Waals surface area contributed by atoms with Crippen molar-refractivity contribution in [2.45, 2.75) is 381 Å². The van der Waals surface area contributed by atoms with Gasteiger partial charge >= 0.3 is 66.5 Å². The van der Waals surface area contributed by atoms with Crippen LogP contribution in [0, 0.1) is 94.7 Å². The highest BCUT2D eigenvalue weighted by Gasteiger charge is 2.73. The minimum absolute atomic E-state index is 0.00972. The maximum atomic E-state index is 13.1. The number of halogens is 12. The van der Waals surface area contributed by atoms with Gasteiger partial charge in [0.05, 0.1) is 28.8 Å². The Morgan fingerprint density at radius 3 is 1.16 bits per heavy atom. The summed E-state index contributed by atoms with van der Waals surface area (Å²) in [6.07, 6.45) is 0.229. The molecule has 19 unspecified atom stereocenters. The van der Waals surface area contributed by atoms with E-state index in [4.69, 9.17) is 33.5 Å². The molecule has 0 aromatic rings. The molecule has 19 saturated carbocycles. The molecule has 2 amide bonds. The lowest BCUT2D eigenvalue weighted by Gasteiger charge is -2.62. The summed E-state index contributed by atoms with van der Waals surface area (Å²) >= 11 is 0. The molecular weight excluding hydrogens is 1810 g/mol. The normalized spacial score (nSPS) is 37.1. The lowest BCUT2D eigenvalue weighted by molar-refractivity contribution is -0.373. The molecule has 19 atom stereocenters. The monoisotopic (exact) mass is 1950 g/mol. The summed E-state index contributed by atoms with van der Waals surface area (Å²) in [7, 11) is 0. The first kappa shape index (κ1) is 110. The molecule has 136 heavy (non-hydrogen) atoms. The summed E-state index contributed by atoms with van der Waals surface area (Å²) in [5.41, 5.74) is -12.2. The Kier molecular flexibility index (Phi) is 33.0. The van der Waals surface area contributed by atoms with Crippen molar-refractivity contribution >= 4 is 53.6 Å². The highest BCUT2D eigenvalue weighted by molar-refractivity contribution is 6.08. The van der Waals surface area contributed by atoms with Gasteiger partial charge in [0.1, 0.15) is 35.1 Å². The first-order valence-corrected chi connectivity index (χ1v) is 47.6. The van der Waals surface area contributed by atoms with Gasteiger partial charge in [-0.1, -0.05) is 65.5 Å². The number of aliphatic hydroxyl groups is 6. The smallest absolute Gasteiger partial charge is 0.426 e. The molecule has 1 saturated heterocycles. The number of imide groups is 1. The molecule has 23 nitrogen and oxygen atoms in total. The number of carbonyl (C=O) groups is 9. The first-order valence-electron chi connectivity index (χ1n) is 47.6. The third-order valence-electron chi connectivity index (χ3n) is 32.2. The number of hydrogen-bond donors (Lipinski definition) is 7. The lowest BCUT2D eigenvalue weighted by Crippen LogP contribution is -2.66. The van der Waals surface area contributed by atoms with Gasteiger partial charge in [0.2, 0.25) is 5.91 Å². The third-order valence-corrected chi connectivity index (χ3v) is 32.2. The van der Waals surface area contributed by atoms with Crippen molar-refractivity contribution in [1.82, 2.24) is 4.90 Å². The van der Waals surface area contributed by atoms with Gasteiger partial charge in [0.25, 0.3) is 11.5 Å². The van der Waals surface area contributed by atoms with Crippen LogP contribution in [0.1, 0.15) is 281 Å². The topological polar surface area (TPSA) is 354 Å². The van der Waals surface area contributed by atoms with E-state index >= 15 is 0 Å². The van der Waals surface area contributed by atoms with Crippen LogP contribution >= 0.6 is 0 Å². The summed E-state index contributed by atoms with van der Waals surface area (Å²) < 4.78 is 188. The number of carboxylic acid groups (broad SMARTS) is 1. The molecule has 0 aromatic heterocycles. The minimum Gasteiger partial charge on any atom is -0.478 e. The molecule has 0 radical (unpaired) electrons. The van der Waals surface area contributed by atoms with E-state index in [1.165, 1.54) is 77.0 Å². The number of amides is 2. The molecule has 0 aromatic carbocycles. The Labute approximate surface area is 787 Å². The average molecular weight is 1950 g/mol. The molecule has 35 heteroatoms. The maximum absolute atomic E-state index is 13.1. The van der Waals surface area contributed by atoms with Crippen LogP contribution < -0.4 is 0 Å². The molecule has 20 rings (SSSR count). The molecule has 764 valence electrons. The molecule has 7 N–H and O–H groups in total. The van der Waals surface area contributed by atoms with E-state index in [-0.39, 0.29) is 94.8 Å². The van der Waals surface area contributed by atoms with Crippen LogP contribution in [-0.4, -0.2) is 194 Å². The molecule has 1 aliphatic heterocycles. The van der Waals surface area contributed by atoms with Crippen LogP contribution in [0.15, 0.2) is 97.2 Å². The summed E-state index contributed by atoms with van der Waals surface area (Å²) in [5.74, 6) is -1.51. The second-order valence-corrected chi connectivity index (χ2v) is 44.5. The Bertz CT molecular complexity index is 4490. The number of hydrogen-bond acceptors (Lipinski definition) is 21. The second-order valence-electron chi connectivity index (χ2n) is 44.5. The SMILES string of the molecule is C=C(C)C(=O)N1C(=O)C2CCCC21.C=C(C)C(=O)O.C=C(C)C(=O)OC12CC3CC(CC(C3)C1)C2.C=C(C)C(=O)OC12CC3CC(CC(O)(C3)C1)C2.C=C(C)C(=O)OC12CC3CC(O)(CC(O)(C3)C1)C2.C=C(C)C(=O)OC1CC(C(C)(O)C(F)(F)F)CC(C(C)(O)C(F)(F)F)C1.C=C(C)C(=O)OC1CC2CC1C1CCCC21.C=C(C)C(=O)OC1CC2CC1CC2CC(O)(C(F)(F)F)C(F)(F)F. The predicted molar refractivity (Wildman–Crippen MR) is 471 cm³/mol. The van der Waals surface area contributed by atoms with Crippen LogP contribution in [0.5, 0.6) is 0 Å². The maximum Gasteiger partial charge on any atom is 0.426 e. The van der Waals surface area contributed by atoms with E-state index in [1.807, 2.05) is 0 Å². The van der Waals surface area contributed by atoms with E-state index in [1.54, 1.807) is 34.6 Å². The van der Waals surface area contributed by atoms with Crippen molar-refractivity contribution in [2.24, 2.45) is 94.7 Å². The van der Waals surface area contributed by atoms with Crippen molar-refractivity contribution in [1.29, 1.82) is 0 Å². The van der Waals surface area contributed by atoms with Gasteiger partial charge in [0, 0.05) is 82.1 Å². The number of likely N-dealkylation sites (tertiary alicyclic amines) is 1. The number of carbonyl (C=O) groups excluding carboxylic acids is 8. The fourth-order valence-corrected chi connectivity index (χ4v) is 27.0. The minimum atomic E-state index is -5.79. The number of rotatable bonds is 18. The Balaban J connectivity index is 0.000000164. The van der Waals surface area contributed by atoms with Gasteiger partial charge in [-0.05, 0) is 320 Å². The van der Waals surface area contributed by atoms with E-state index in [9.17, 15) is 126 Å². The van der Waals surface area contributed by atoms with Gasteiger partial charge in [-0.3, -0.25) is 14.5 Å². The zero-order valence-electron chi connectivity index (χ0n) is 79.8. The van der Waals surface area contributed by atoms with Gasteiger partial charge in [-0.25, -0.2) is 33.6 Å². The molecule has 19 aliphatic carbocycles. The van der Waals surface area contributed by atoms with Crippen molar-refractivity contribution in [3.8, 4) is 0 Å². The zero-order chi connectivity index (χ0) is 102. The number of carboxylic acids is 1. The largest absolute Gasteiger partial charge is 0.478 e. The van der Waals surface area contributed by atoms with Crippen LogP contribution in [0.2, 0.25) is 0 Å². The summed E-state index contributed by atoms with van der Waals surface area (Å²) in [5, 5.41) is 68.5. The number of ether oxygens (including phenoxy) is 6. The van der Waals surface area contributed by atoms with Crippen LogP contribution in [0.25, 0.3) is 0 Å². The van der Waals surface area contributed by atoms with Crippen LogP contribution in [0.3, 0.4) is 0 Å². The quantitative estimate of drug-likeness (QED) is 0.0220. The number of alkyl halides is 12.